The van der Waals surface area contributed by atoms with Crippen LogP contribution in [0.1, 0.15) is 28.7 Å². The summed E-state index contributed by atoms with van der Waals surface area (Å²) < 4.78 is 0. The van der Waals surface area contributed by atoms with Crippen molar-refractivity contribution >= 4 is 33.6 Å². The first-order valence-corrected chi connectivity index (χ1v) is 9.62. The average molecular weight is 363 g/mol. The Labute approximate surface area is 156 Å². The highest BCUT2D eigenvalue weighted by atomic mass is 32.1. The summed E-state index contributed by atoms with van der Waals surface area (Å²) in [5, 5.41) is 8.71. The summed E-state index contributed by atoms with van der Waals surface area (Å²) in [5.74, 6) is 1.66. The molecule has 1 unspecified atom stereocenters. The van der Waals surface area contributed by atoms with Gasteiger partial charge in [-0.1, -0.05) is 36.4 Å². The van der Waals surface area contributed by atoms with Crippen LogP contribution in [0.5, 0.6) is 0 Å². The number of fused-ring (bicyclic) bond motifs is 1. The van der Waals surface area contributed by atoms with Gasteiger partial charge in [-0.3, -0.25) is 5.43 Å². The molecular formula is C20H21N5S. The van der Waals surface area contributed by atoms with Crippen LogP contribution in [-0.4, -0.2) is 22.7 Å². The molecule has 0 saturated heterocycles. The van der Waals surface area contributed by atoms with Gasteiger partial charge in [-0.05, 0) is 37.5 Å². The summed E-state index contributed by atoms with van der Waals surface area (Å²) in [6.45, 7) is 2.98. The molecule has 0 radical (unpaired) electrons. The second kappa shape index (κ2) is 7.66. The Kier molecular flexibility index (Phi) is 4.93. The fourth-order valence-electron chi connectivity index (χ4n) is 2.99. The zero-order chi connectivity index (χ0) is 17.8. The number of rotatable bonds is 6. The van der Waals surface area contributed by atoms with Gasteiger partial charge in [0.15, 0.2) is 5.82 Å². The van der Waals surface area contributed by atoms with Gasteiger partial charge in [0.1, 0.15) is 16.7 Å². The first kappa shape index (κ1) is 16.7. The van der Waals surface area contributed by atoms with Gasteiger partial charge in [-0.25, -0.2) is 9.97 Å². The van der Waals surface area contributed by atoms with E-state index in [1.807, 2.05) is 12.2 Å². The van der Waals surface area contributed by atoms with Gasteiger partial charge < -0.3 is 5.32 Å². The molecule has 0 aliphatic carbocycles. The van der Waals surface area contributed by atoms with Gasteiger partial charge in [-0.15, -0.1) is 11.3 Å². The van der Waals surface area contributed by atoms with Crippen LogP contribution in [0.15, 0.2) is 53.7 Å². The third-order valence-electron chi connectivity index (χ3n) is 4.27. The Morgan fingerprint density at radius 2 is 2.08 bits per heavy atom. The first-order chi connectivity index (χ1) is 12.8. The highest BCUT2D eigenvalue weighted by Gasteiger charge is 2.16. The molecule has 1 aromatic carbocycles. The van der Waals surface area contributed by atoms with E-state index in [9.17, 15) is 0 Å². The summed E-state index contributed by atoms with van der Waals surface area (Å²) in [6.07, 6.45) is 7.78. The molecule has 5 nitrogen and oxygen atoms in total. The number of nitrogens with zero attached hydrogens (tertiary/aromatic N) is 3. The predicted octanol–water partition coefficient (Wildman–Crippen LogP) is 4.23. The normalized spacial score (nSPS) is 16.0. The standard InChI is InChI=1S/C20H21N5S/c1-14-13-16-18(21-11-5-9-15-7-3-2-4-8-15)23-19(24-20(16)26-14)17-10-6-12-22-25-17/h2-4,6-8,10,12-13,17,25H,5,9,11H2,1H3,(H,21,23,24). The third-order valence-corrected chi connectivity index (χ3v) is 5.21. The molecule has 26 heavy (non-hydrogen) atoms. The van der Waals surface area contributed by atoms with Gasteiger partial charge >= 0.3 is 0 Å². The molecule has 1 atom stereocenters. The Balaban J connectivity index is 1.51. The van der Waals surface area contributed by atoms with Crippen LogP contribution < -0.4 is 10.7 Å². The number of hydrazone groups is 1. The van der Waals surface area contributed by atoms with E-state index in [1.165, 1.54) is 10.4 Å². The van der Waals surface area contributed by atoms with E-state index in [0.717, 1.165) is 41.2 Å². The van der Waals surface area contributed by atoms with Crippen molar-refractivity contribution in [1.82, 2.24) is 15.4 Å². The average Bonchev–Trinajstić information content (AvgIpc) is 3.07. The van der Waals surface area contributed by atoms with Gasteiger partial charge in [-0.2, -0.15) is 5.10 Å². The molecule has 0 fully saturated rings. The minimum atomic E-state index is -0.0864. The minimum absolute atomic E-state index is 0.0864. The van der Waals surface area contributed by atoms with Gasteiger partial charge in [0.2, 0.25) is 0 Å². The van der Waals surface area contributed by atoms with E-state index < -0.39 is 0 Å². The van der Waals surface area contributed by atoms with Crippen molar-refractivity contribution in [2.24, 2.45) is 5.10 Å². The number of aromatic nitrogens is 2. The van der Waals surface area contributed by atoms with E-state index in [0.29, 0.717) is 0 Å². The lowest BCUT2D eigenvalue weighted by Crippen LogP contribution is -2.19. The number of allylic oxidation sites excluding steroid dienone is 1. The van der Waals surface area contributed by atoms with Crippen molar-refractivity contribution in [3.05, 3.63) is 64.8 Å². The number of nitrogens with one attached hydrogen (secondary N) is 2. The maximum Gasteiger partial charge on any atom is 0.160 e. The number of hydrogen-bond donors (Lipinski definition) is 2. The van der Waals surface area contributed by atoms with Crippen molar-refractivity contribution < 1.29 is 0 Å². The van der Waals surface area contributed by atoms with Gasteiger partial charge in [0.05, 0.1) is 5.39 Å². The number of aryl methyl sites for hydroxylation is 2. The molecule has 6 heteroatoms. The van der Waals surface area contributed by atoms with Crippen LogP contribution in [0.25, 0.3) is 10.2 Å². The topological polar surface area (TPSA) is 62.2 Å². The summed E-state index contributed by atoms with van der Waals surface area (Å²) in [7, 11) is 0. The van der Waals surface area contributed by atoms with Crippen LogP contribution in [-0.2, 0) is 6.42 Å². The van der Waals surface area contributed by atoms with Crippen molar-refractivity contribution in [1.29, 1.82) is 0 Å². The maximum absolute atomic E-state index is 4.78. The quantitative estimate of drug-likeness (QED) is 0.643. The van der Waals surface area contributed by atoms with E-state index in [4.69, 9.17) is 9.97 Å². The van der Waals surface area contributed by atoms with E-state index in [2.05, 4.69) is 59.2 Å². The van der Waals surface area contributed by atoms with E-state index >= 15 is 0 Å². The molecule has 2 N–H and O–H groups in total. The molecular weight excluding hydrogens is 342 g/mol. The molecule has 1 aliphatic heterocycles. The van der Waals surface area contributed by atoms with E-state index in [-0.39, 0.29) is 6.04 Å². The lowest BCUT2D eigenvalue weighted by Gasteiger charge is -2.15. The van der Waals surface area contributed by atoms with Crippen molar-refractivity contribution in [2.45, 2.75) is 25.8 Å². The smallest absolute Gasteiger partial charge is 0.160 e. The Morgan fingerprint density at radius 3 is 2.88 bits per heavy atom. The molecule has 2 aromatic heterocycles. The second-order valence-corrected chi connectivity index (χ2v) is 7.53. The fourth-order valence-corrected chi connectivity index (χ4v) is 3.88. The van der Waals surface area contributed by atoms with Gasteiger partial charge in [0.25, 0.3) is 0 Å². The Morgan fingerprint density at radius 1 is 1.19 bits per heavy atom. The van der Waals surface area contributed by atoms with Crippen LogP contribution >= 0.6 is 11.3 Å². The summed E-state index contributed by atoms with van der Waals surface area (Å²) in [4.78, 5) is 11.8. The lowest BCUT2D eigenvalue weighted by atomic mass is 10.1. The highest BCUT2D eigenvalue weighted by Crippen LogP contribution is 2.30. The van der Waals surface area contributed by atoms with Crippen molar-refractivity contribution in [3.63, 3.8) is 0 Å². The fraction of sp³-hybridized carbons (Fsp3) is 0.250. The predicted molar refractivity (Wildman–Crippen MR) is 109 cm³/mol. The maximum atomic E-state index is 4.78. The lowest BCUT2D eigenvalue weighted by molar-refractivity contribution is 0.622. The Hall–Kier alpha value is -2.73. The van der Waals surface area contributed by atoms with Crippen LogP contribution in [0.3, 0.4) is 0 Å². The number of benzene rings is 1. The van der Waals surface area contributed by atoms with Crippen LogP contribution in [0, 0.1) is 6.92 Å². The van der Waals surface area contributed by atoms with E-state index in [1.54, 1.807) is 17.6 Å². The molecule has 0 bridgehead atoms. The van der Waals surface area contributed by atoms with Crippen LogP contribution in [0.4, 0.5) is 5.82 Å². The largest absolute Gasteiger partial charge is 0.369 e. The van der Waals surface area contributed by atoms with Gasteiger partial charge in [0, 0.05) is 17.6 Å². The second-order valence-electron chi connectivity index (χ2n) is 6.29. The molecule has 3 aromatic rings. The van der Waals surface area contributed by atoms with Crippen molar-refractivity contribution in [3.8, 4) is 0 Å². The number of hydrogen-bond acceptors (Lipinski definition) is 6. The zero-order valence-electron chi connectivity index (χ0n) is 14.6. The number of thiophene rings is 1. The first-order valence-electron chi connectivity index (χ1n) is 8.81. The molecule has 0 saturated carbocycles. The van der Waals surface area contributed by atoms with Crippen LogP contribution in [0.2, 0.25) is 0 Å². The van der Waals surface area contributed by atoms with Crippen molar-refractivity contribution in [2.75, 3.05) is 11.9 Å². The summed E-state index contributed by atoms with van der Waals surface area (Å²) in [6, 6.07) is 12.6. The summed E-state index contributed by atoms with van der Waals surface area (Å²) >= 11 is 1.70. The molecule has 0 amide bonds. The zero-order valence-corrected chi connectivity index (χ0v) is 15.5. The molecule has 4 rings (SSSR count). The SMILES string of the molecule is Cc1cc2c(NCCCc3ccccc3)nc(C3C=CC=NN3)nc2s1. The monoisotopic (exact) mass is 363 g/mol. The minimum Gasteiger partial charge on any atom is -0.369 e. The molecule has 1 aliphatic rings. The molecule has 3 heterocycles. The summed E-state index contributed by atoms with van der Waals surface area (Å²) in [5.41, 5.74) is 4.42. The number of anilines is 1. The highest BCUT2D eigenvalue weighted by molar-refractivity contribution is 7.18. The third kappa shape index (κ3) is 3.75. The molecule has 132 valence electrons. The Bertz CT molecular complexity index is 945. The molecule has 0 spiro atoms.